The van der Waals surface area contributed by atoms with E-state index in [0.717, 1.165) is 16.9 Å². The van der Waals surface area contributed by atoms with Gasteiger partial charge in [-0.1, -0.05) is 12.1 Å². The van der Waals surface area contributed by atoms with Crippen molar-refractivity contribution in [1.82, 2.24) is 19.4 Å². The number of hydrogen-bond acceptors (Lipinski definition) is 4. The molecule has 7 nitrogen and oxygen atoms in total. The molecule has 7 heteroatoms. The van der Waals surface area contributed by atoms with Gasteiger partial charge in [0.05, 0.1) is 29.5 Å². The summed E-state index contributed by atoms with van der Waals surface area (Å²) < 4.78 is 7.46. The number of ether oxygens (including phenoxy) is 1. The van der Waals surface area contributed by atoms with Crippen LogP contribution in [0.2, 0.25) is 0 Å². The van der Waals surface area contributed by atoms with Crippen molar-refractivity contribution in [3.8, 4) is 0 Å². The minimum atomic E-state index is -0.530. The van der Waals surface area contributed by atoms with E-state index in [1.165, 1.54) is 0 Å². The van der Waals surface area contributed by atoms with Gasteiger partial charge in [-0.2, -0.15) is 0 Å². The Labute approximate surface area is 172 Å². The van der Waals surface area contributed by atoms with Crippen molar-refractivity contribution in [3.05, 3.63) is 30.1 Å². The fraction of sp³-hybridized carbons (Fsp3) is 0.591. The average Bonchev–Trinajstić information content (AvgIpc) is 3.02. The molecule has 0 spiro atoms. The van der Waals surface area contributed by atoms with Gasteiger partial charge in [0, 0.05) is 19.6 Å². The van der Waals surface area contributed by atoms with Crippen LogP contribution in [0.3, 0.4) is 0 Å². The van der Waals surface area contributed by atoms with Gasteiger partial charge >= 0.3 is 12.0 Å². The van der Waals surface area contributed by atoms with Crippen molar-refractivity contribution >= 4 is 23.0 Å². The number of carbonyl (C=O) groups is 2. The first-order chi connectivity index (χ1) is 13.4. The molecule has 1 saturated heterocycles. The van der Waals surface area contributed by atoms with E-state index in [1.54, 1.807) is 4.90 Å². The molecule has 0 unspecified atom stereocenters. The van der Waals surface area contributed by atoms with Crippen LogP contribution in [0.4, 0.5) is 4.79 Å². The molecule has 1 fully saturated rings. The van der Waals surface area contributed by atoms with Crippen LogP contribution in [-0.4, -0.2) is 55.1 Å². The fourth-order valence-corrected chi connectivity index (χ4v) is 3.82. The van der Waals surface area contributed by atoms with E-state index in [4.69, 9.17) is 9.72 Å². The zero-order valence-electron chi connectivity index (χ0n) is 18.5. The van der Waals surface area contributed by atoms with Crippen molar-refractivity contribution in [2.75, 3.05) is 6.54 Å². The van der Waals surface area contributed by atoms with Gasteiger partial charge in [0.15, 0.2) is 0 Å². The van der Waals surface area contributed by atoms with Gasteiger partial charge in [0.2, 0.25) is 0 Å². The molecule has 158 valence electrons. The van der Waals surface area contributed by atoms with E-state index >= 15 is 0 Å². The molecule has 0 aliphatic carbocycles. The van der Waals surface area contributed by atoms with Gasteiger partial charge in [-0.15, -0.1) is 0 Å². The fourth-order valence-electron chi connectivity index (χ4n) is 3.82. The summed E-state index contributed by atoms with van der Waals surface area (Å²) in [5.41, 5.74) is 1.07. The lowest BCUT2D eigenvalue weighted by atomic mass is 10.0. The standard InChI is InChI=1S/C22H32N4O3/c1-15(12-19(27)29-21(2,3)4)25-14-22(5,6)26(20(25)28)13-18-23-16-10-8-9-11-17(16)24(18)7/h8-11,15H,12-14H2,1-7H3/t15-/m0/s1. The summed E-state index contributed by atoms with van der Waals surface area (Å²) >= 11 is 0. The van der Waals surface area contributed by atoms with Crippen LogP contribution < -0.4 is 0 Å². The second-order valence-corrected chi connectivity index (χ2v) is 9.52. The number of fused-ring (bicyclic) bond motifs is 1. The van der Waals surface area contributed by atoms with Gasteiger partial charge < -0.3 is 19.1 Å². The Kier molecular flexibility index (Phi) is 5.36. The largest absolute Gasteiger partial charge is 0.460 e. The van der Waals surface area contributed by atoms with Crippen molar-refractivity contribution in [2.24, 2.45) is 7.05 Å². The second-order valence-electron chi connectivity index (χ2n) is 9.52. The van der Waals surface area contributed by atoms with Crippen LogP contribution in [0.15, 0.2) is 24.3 Å². The van der Waals surface area contributed by atoms with Gasteiger partial charge in [-0.3, -0.25) is 4.79 Å². The number of esters is 1. The third-order valence-electron chi connectivity index (χ3n) is 5.36. The highest BCUT2D eigenvalue weighted by molar-refractivity contribution is 5.80. The van der Waals surface area contributed by atoms with Gasteiger partial charge in [-0.05, 0) is 53.7 Å². The summed E-state index contributed by atoms with van der Waals surface area (Å²) in [4.78, 5) is 33.8. The Morgan fingerprint density at radius 3 is 2.55 bits per heavy atom. The van der Waals surface area contributed by atoms with E-state index in [0.29, 0.717) is 13.1 Å². The molecule has 0 bridgehead atoms. The number of amides is 2. The summed E-state index contributed by atoms with van der Waals surface area (Å²) in [5.74, 6) is 0.554. The highest BCUT2D eigenvalue weighted by Crippen LogP contribution is 2.30. The van der Waals surface area contributed by atoms with Gasteiger partial charge in [0.25, 0.3) is 0 Å². The number of urea groups is 1. The van der Waals surface area contributed by atoms with Crippen LogP contribution in [0.25, 0.3) is 11.0 Å². The summed E-state index contributed by atoms with van der Waals surface area (Å²) in [6.07, 6.45) is 0.180. The predicted molar refractivity (Wildman–Crippen MR) is 112 cm³/mol. The van der Waals surface area contributed by atoms with E-state index in [2.05, 4.69) is 0 Å². The minimum absolute atomic E-state index is 0.0712. The van der Waals surface area contributed by atoms with Crippen LogP contribution in [-0.2, 0) is 23.1 Å². The first-order valence-corrected chi connectivity index (χ1v) is 10.1. The SMILES string of the molecule is C[C@@H](CC(=O)OC(C)(C)C)N1CC(C)(C)N(Cc2nc3ccccc3n2C)C1=O. The van der Waals surface area contributed by atoms with Crippen LogP contribution >= 0.6 is 0 Å². The molecule has 1 aliphatic heterocycles. The van der Waals surface area contributed by atoms with E-state index in [1.807, 2.05) is 82.3 Å². The molecule has 2 heterocycles. The molecule has 0 radical (unpaired) electrons. The Bertz CT molecular complexity index is 926. The molecule has 0 saturated carbocycles. The average molecular weight is 401 g/mol. The molecule has 1 aromatic carbocycles. The van der Waals surface area contributed by atoms with Crippen LogP contribution in [0, 0.1) is 0 Å². The third kappa shape index (κ3) is 4.38. The molecule has 1 aliphatic rings. The lowest BCUT2D eigenvalue weighted by Gasteiger charge is -2.29. The van der Waals surface area contributed by atoms with Crippen molar-refractivity contribution in [2.45, 2.75) is 71.7 Å². The summed E-state index contributed by atoms with van der Waals surface area (Å²) in [7, 11) is 1.97. The van der Waals surface area contributed by atoms with Crippen LogP contribution in [0.1, 0.15) is 53.8 Å². The smallest absolute Gasteiger partial charge is 0.321 e. The Hall–Kier alpha value is -2.57. The van der Waals surface area contributed by atoms with Crippen LogP contribution in [0.5, 0.6) is 0 Å². The molecular formula is C22H32N4O3. The number of rotatable bonds is 5. The summed E-state index contributed by atoms with van der Waals surface area (Å²) in [6, 6.07) is 7.64. The summed E-state index contributed by atoms with van der Waals surface area (Å²) in [5, 5.41) is 0. The Morgan fingerprint density at radius 2 is 1.93 bits per heavy atom. The molecular weight excluding hydrogens is 368 g/mol. The highest BCUT2D eigenvalue weighted by atomic mass is 16.6. The van der Waals surface area contributed by atoms with Gasteiger partial charge in [-0.25, -0.2) is 9.78 Å². The first-order valence-electron chi connectivity index (χ1n) is 10.1. The minimum Gasteiger partial charge on any atom is -0.460 e. The lowest BCUT2D eigenvalue weighted by molar-refractivity contribution is -0.155. The molecule has 1 atom stereocenters. The zero-order chi connectivity index (χ0) is 21.6. The lowest BCUT2D eigenvalue weighted by Crippen LogP contribution is -2.42. The van der Waals surface area contributed by atoms with Crippen molar-refractivity contribution in [1.29, 1.82) is 0 Å². The van der Waals surface area contributed by atoms with Crippen molar-refractivity contribution in [3.63, 3.8) is 0 Å². The maximum absolute atomic E-state index is 13.2. The number of para-hydroxylation sites is 2. The molecule has 29 heavy (non-hydrogen) atoms. The first kappa shape index (κ1) is 21.1. The maximum atomic E-state index is 13.2. The van der Waals surface area contributed by atoms with E-state index < -0.39 is 5.60 Å². The topological polar surface area (TPSA) is 67.7 Å². The van der Waals surface area contributed by atoms with Gasteiger partial charge in [0.1, 0.15) is 11.4 Å². The molecule has 2 amide bonds. The second kappa shape index (κ2) is 7.35. The van der Waals surface area contributed by atoms with E-state index in [9.17, 15) is 9.59 Å². The van der Waals surface area contributed by atoms with Crippen molar-refractivity contribution < 1.29 is 14.3 Å². The quantitative estimate of drug-likeness (QED) is 0.718. The van der Waals surface area contributed by atoms with E-state index in [-0.39, 0.29) is 30.0 Å². The molecule has 3 rings (SSSR count). The highest BCUT2D eigenvalue weighted by Gasteiger charge is 2.45. The Morgan fingerprint density at radius 1 is 1.28 bits per heavy atom. The number of nitrogens with zero attached hydrogens (tertiary/aromatic N) is 4. The molecule has 0 N–H and O–H groups in total. The number of benzene rings is 1. The zero-order valence-corrected chi connectivity index (χ0v) is 18.5. The number of imidazole rings is 1. The molecule has 1 aromatic heterocycles. The predicted octanol–water partition coefficient (Wildman–Crippen LogP) is 3.71. The number of hydrogen-bond donors (Lipinski definition) is 0. The number of carbonyl (C=O) groups excluding carboxylic acids is 2. The third-order valence-corrected chi connectivity index (χ3v) is 5.36. The summed E-state index contributed by atoms with van der Waals surface area (Å²) in [6.45, 7) is 12.5. The number of aryl methyl sites for hydroxylation is 1. The molecule has 2 aromatic rings. The normalized spacial score (nSPS) is 17.8. The maximum Gasteiger partial charge on any atom is 0.321 e. The monoisotopic (exact) mass is 400 g/mol. The number of aromatic nitrogens is 2. The Balaban J connectivity index is 1.76.